The van der Waals surface area contributed by atoms with Crippen molar-refractivity contribution in [1.82, 2.24) is 24.0 Å². The Balaban J connectivity index is 1.40. The number of likely N-dealkylation sites (tertiary alicyclic amines) is 1. The fraction of sp³-hybridized carbons (Fsp3) is 0.409. The van der Waals surface area contributed by atoms with Crippen molar-refractivity contribution in [3.8, 4) is 11.1 Å². The molecule has 0 unspecified atom stereocenters. The number of urea groups is 1. The van der Waals surface area contributed by atoms with Gasteiger partial charge in [0.05, 0.1) is 0 Å². The highest BCUT2D eigenvalue weighted by atomic mass is 19.3. The Morgan fingerprint density at radius 1 is 1.10 bits per heavy atom. The number of benzene rings is 1. The summed E-state index contributed by atoms with van der Waals surface area (Å²) >= 11 is 0. The molecule has 2 aliphatic heterocycles. The van der Waals surface area contributed by atoms with Crippen LogP contribution < -0.4 is 5.69 Å². The van der Waals surface area contributed by atoms with Crippen molar-refractivity contribution in [2.24, 2.45) is 7.05 Å². The van der Waals surface area contributed by atoms with E-state index < -0.39 is 5.92 Å². The molecule has 2 aromatic heterocycles. The molecule has 0 atom stereocenters. The zero-order valence-corrected chi connectivity index (χ0v) is 17.2. The van der Waals surface area contributed by atoms with Crippen LogP contribution in [0.1, 0.15) is 24.0 Å². The maximum atomic E-state index is 13.4. The number of hydrogen-bond acceptors (Lipinski definition) is 3. The number of aryl methyl sites for hydroxylation is 1. The first-order chi connectivity index (χ1) is 14.8. The summed E-state index contributed by atoms with van der Waals surface area (Å²) in [5.74, 6) is -2.67. The average molecular weight is 427 g/mol. The highest BCUT2D eigenvalue weighted by Gasteiger charge is 2.37. The molecular formula is C22H23F2N5O2. The van der Waals surface area contributed by atoms with E-state index >= 15 is 0 Å². The molecule has 3 aromatic rings. The molecule has 0 spiro atoms. The van der Waals surface area contributed by atoms with Crippen LogP contribution >= 0.6 is 0 Å². The second kappa shape index (κ2) is 7.18. The summed E-state index contributed by atoms with van der Waals surface area (Å²) in [5, 5.41) is 4.26. The first kappa shape index (κ1) is 19.7. The van der Waals surface area contributed by atoms with E-state index in [1.54, 1.807) is 23.0 Å². The van der Waals surface area contributed by atoms with Gasteiger partial charge in [0.1, 0.15) is 0 Å². The molecule has 0 aliphatic carbocycles. The Labute approximate surface area is 177 Å². The number of aromatic nitrogens is 3. The Kier molecular flexibility index (Phi) is 4.56. The van der Waals surface area contributed by atoms with Crippen LogP contribution in [-0.2, 0) is 20.0 Å². The zero-order valence-electron chi connectivity index (χ0n) is 17.2. The standard InChI is InChI=1S/C22H23F2N5O2/c1-26-20(30)29-10-5-15(13-19(29)25-26)17-4-2-3-16-14-28(9-6-18(16)17)21(31)27-11-7-22(23,24)8-12-27/h2-5,10,13H,6-9,11-12,14H2,1H3. The summed E-state index contributed by atoms with van der Waals surface area (Å²) in [7, 11) is 1.62. The van der Waals surface area contributed by atoms with Crippen molar-refractivity contribution in [3.05, 3.63) is 58.1 Å². The summed E-state index contributed by atoms with van der Waals surface area (Å²) in [6.45, 7) is 1.19. The first-order valence-electron chi connectivity index (χ1n) is 10.4. The van der Waals surface area contributed by atoms with Crippen molar-refractivity contribution < 1.29 is 13.6 Å². The van der Waals surface area contributed by atoms with E-state index in [-0.39, 0.29) is 37.7 Å². The van der Waals surface area contributed by atoms with Gasteiger partial charge in [-0.25, -0.2) is 23.1 Å². The fourth-order valence-corrected chi connectivity index (χ4v) is 4.51. The number of halogens is 2. The lowest BCUT2D eigenvalue weighted by Crippen LogP contribution is -2.50. The van der Waals surface area contributed by atoms with E-state index in [9.17, 15) is 18.4 Å². The molecule has 0 saturated carbocycles. The number of amides is 2. The van der Waals surface area contributed by atoms with Crippen molar-refractivity contribution in [1.29, 1.82) is 0 Å². The van der Waals surface area contributed by atoms with Gasteiger partial charge in [0.25, 0.3) is 5.92 Å². The smallest absolute Gasteiger partial charge is 0.324 e. The normalized spacial score (nSPS) is 18.3. The quantitative estimate of drug-likeness (QED) is 0.600. The molecule has 0 radical (unpaired) electrons. The third-order valence-electron chi connectivity index (χ3n) is 6.28. The molecule has 1 fully saturated rings. The van der Waals surface area contributed by atoms with Crippen molar-refractivity contribution in [3.63, 3.8) is 0 Å². The number of fused-ring (bicyclic) bond motifs is 2. The second-order valence-electron chi connectivity index (χ2n) is 8.29. The minimum absolute atomic E-state index is 0.0959. The number of hydrogen-bond donors (Lipinski definition) is 0. The monoisotopic (exact) mass is 427 g/mol. The van der Waals surface area contributed by atoms with E-state index in [2.05, 4.69) is 5.10 Å². The van der Waals surface area contributed by atoms with E-state index in [0.717, 1.165) is 16.7 Å². The zero-order chi connectivity index (χ0) is 21.8. The minimum atomic E-state index is -2.67. The van der Waals surface area contributed by atoms with Crippen molar-refractivity contribution in [2.75, 3.05) is 19.6 Å². The third-order valence-corrected chi connectivity index (χ3v) is 6.28. The number of alkyl halides is 2. The molecule has 31 heavy (non-hydrogen) atoms. The van der Waals surface area contributed by atoms with Gasteiger partial charge in [-0.3, -0.25) is 4.40 Å². The minimum Gasteiger partial charge on any atom is -0.324 e. The Bertz CT molecular complexity index is 1220. The predicted octanol–water partition coefficient (Wildman–Crippen LogP) is 2.91. The number of rotatable bonds is 1. The van der Waals surface area contributed by atoms with Crippen LogP contribution in [0.2, 0.25) is 0 Å². The van der Waals surface area contributed by atoms with Gasteiger partial charge < -0.3 is 9.80 Å². The molecule has 2 aliphatic rings. The van der Waals surface area contributed by atoms with Gasteiger partial charge in [-0.05, 0) is 40.8 Å². The molecule has 9 heteroatoms. The average Bonchev–Trinajstić information content (AvgIpc) is 3.05. The molecular weight excluding hydrogens is 404 g/mol. The molecule has 1 aromatic carbocycles. The molecule has 4 heterocycles. The van der Waals surface area contributed by atoms with Crippen LogP contribution in [0.3, 0.4) is 0 Å². The third kappa shape index (κ3) is 3.47. The van der Waals surface area contributed by atoms with Crippen molar-refractivity contribution >= 4 is 11.7 Å². The van der Waals surface area contributed by atoms with Gasteiger partial charge in [0, 0.05) is 52.3 Å². The summed E-state index contributed by atoms with van der Waals surface area (Å²) in [6.07, 6.45) is 1.87. The van der Waals surface area contributed by atoms with E-state index in [1.807, 2.05) is 30.3 Å². The maximum absolute atomic E-state index is 13.4. The lowest BCUT2D eigenvalue weighted by molar-refractivity contribution is -0.0493. The van der Waals surface area contributed by atoms with E-state index in [1.165, 1.54) is 14.6 Å². The summed E-state index contributed by atoms with van der Waals surface area (Å²) in [5.41, 5.74) is 4.63. The molecule has 0 bridgehead atoms. The van der Waals surface area contributed by atoms with Gasteiger partial charge >= 0.3 is 11.7 Å². The first-order valence-corrected chi connectivity index (χ1v) is 10.4. The van der Waals surface area contributed by atoms with E-state index in [4.69, 9.17) is 0 Å². The van der Waals surface area contributed by atoms with Gasteiger partial charge in [-0.15, -0.1) is 0 Å². The van der Waals surface area contributed by atoms with Gasteiger partial charge in [-0.2, -0.15) is 5.10 Å². The number of nitrogens with zero attached hydrogens (tertiary/aromatic N) is 5. The van der Waals surface area contributed by atoms with Crippen LogP contribution in [0, 0.1) is 0 Å². The van der Waals surface area contributed by atoms with Crippen LogP contribution in [0.25, 0.3) is 16.8 Å². The number of carbonyl (C=O) groups is 1. The summed E-state index contributed by atoms with van der Waals surface area (Å²) in [4.78, 5) is 28.2. The Morgan fingerprint density at radius 3 is 2.65 bits per heavy atom. The Hall–Kier alpha value is -3.23. The lowest BCUT2D eigenvalue weighted by Gasteiger charge is -2.37. The van der Waals surface area contributed by atoms with E-state index in [0.29, 0.717) is 25.2 Å². The number of piperidine rings is 1. The molecule has 2 amide bonds. The lowest BCUT2D eigenvalue weighted by atomic mass is 9.91. The number of carbonyl (C=O) groups excluding carboxylic acids is 1. The second-order valence-corrected chi connectivity index (χ2v) is 8.29. The highest BCUT2D eigenvalue weighted by Crippen LogP contribution is 2.32. The summed E-state index contributed by atoms with van der Waals surface area (Å²) < 4.78 is 29.7. The van der Waals surface area contributed by atoms with Gasteiger partial charge in [0.2, 0.25) is 0 Å². The topological polar surface area (TPSA) is 62.9 Å². The molecule has 5 rings (SSSR count). The van der Waals surface area contributed by atoms with Crippen LogP contribution in [0.4, 0.5) is 13.6 Å². The largest absolute Gasteiger partial charge is 0.350 e. The Morgan fingerprint density at radius 2 is 1.87 bits per heavy atom. The maximum Gasteiger partial charge on any atom is 0.350 e. The molecule has 0 N–H and O–H groups in total. The van der Waals surface area contributed by atoms with Crippen LogP contribution in [0.15, 0.2) is 41.3 Å². The molecule has 1 saturated heterocycles. The van der Waals surface area contributed by atoms with Gasteiger partial charge in [-0.1, -0.05) is 18.2 Å². The predicted molar refractivity (Wildman–Crippen MR) is 111 cm³/mol. The molecule has 7 nitrogen and oxygen atoms in total. The van der Waals surface area contributed by atoms with Crippen molar-refractivity contribution in [2.45, 2.75) is 31.7 Å². The van der Waals surface area contributed by atoms with Crippen LogP contribution in [0.5, 0.6) is 0 Å². The SMILES string of the molecule is Cn1nc2cc(-c3cccc4c3CCN(C(=O)N3CCC(F)(F)CC3)C4)ccn2c1=O. The molecule has 162 valence electrons. The fourth-order valence-electron chi connectivity index (χ4n) is 4.51. The number of pyridine rings is 1. The highest BCUT2D eigenvalue weighted by molar-refractivity contribution is 5.76. The van der Waals surface area contributed by atoms with Gasteiger partial charge in [0.15, 0.2) is 5.65 Å². The summed E-state index contributed by atoms with van der Waals surface area (Å²) in [6, 6.07) is 9.63. The van der Waals surface area contributed by atoms with Crippen LogP contribution in [-0.4, -0.2) is 55.6 Å².